The normalized spacial score (nSPS) is 17.5. The van der Waals surface area contributed by atoms with Crippen molar-refractivity contribution in [2.75, 3.05) is 25.1 Å². The highest BCUT2D eigenvalue weighted by molar-refractivity contribution is 9.09. The molecule has 0 aromatic heterocycles. The zero-order chi connectivity index (χ0) is 14.3. The zero-order valence-electron chi connectivity index (χ0n) is 10.7. The average molecular weight is 346 g/mol. The molecule has 19 heavy (non-hydrogen) atoms. The van der Waals surface area contributed by atoms with E-state index in [1.165, 1.54) is 0 Å². The maximum absolute atomic E-state index is 12.0. The Morgan fingerprint density at radius 2 is 1.89 bits per heavy atom. The molecule has 0 N–H and O–H groups in total. The first kappa shape index (κ1) is 16.8. The number of hydrogen-bond donors (Lipinski definition) is 0. The van der Waals surface area contributed by atoms with Crippen molar-refractivity contribution in [3.63, 3.8) is 0 Å². The first-order chi connectivity index (χ1) is 8.94. The second-order valence-corrected chi connectivity index (χ2v) is 5.47. The van der Waals surface area contributed by atoms with Gasteiger partial charge in [-0.05, 0) is 12.8 Å². The number of alkyl halides is 4. The molecular weight excluding hydrogens is 327 g/mol. The van der Waals surface area contributed by atoms with Gasteiger partial charge in [0, 0.05) is 17.9 Å². The van der Waals surface area contributed by atoms with Gasteiger partial charge in [0.25, 0.3) is 0 Å². The summed E-state index contributed by atoms with van der Waals surface area (Å²) in [6.45, 7) is -1.35. The second kappa shape index (κ2) is 8.09. The van der Waals surface area contributed by atoms with Crippen LogP contribution in [-0.4, -0.2) is 48.1 Å². The highest BCUT2D eigenvalue weighted by Crippen LogP contribution is 2.23. The number of amides is 1. The molecule has 0 aliphatic heterocycles. The van der Waals surface area contributed by atoms with E-state index in [2.05, 4.69) is 20.7 Å². The van der Waals surface area contributed by atoms with Gasteiger partial charge in [-0.1, -0.05) is 35.2 Å². The summed E-state index contributed by atoms with van der Waals surface area (Å²) in [5.41, 5.74) is 0. The molecule has 1 amide bonds. The molecule has 0 bridgehead atoms. The minimum absolute atomic E-state index is 0.147. The molecule has 3 nitrogen and oxygen atoms in total. The van der Waals surface area contributed by atoms with E-state index in [9.17, 15) is 18.0 Å². The SMILES string of the molecule is O=C(COCC(F)(F)F)N(CCBr)C1CCCCC1. The van der Waals surface area contributed by atoms with Crippen LogP contribution in [0.1, 0.15) is 32.1 Å². The number of nitrogens with zero attached hydrogens (tertiary/aromatic N) is 1. The first-order valence-corrected chi connectivity index (χ1v) is 7.56. The lowest BCUT2D eigenvalue weighted by Crippen LogP contribution is -2.44. The van der Waals surface area contributed by atoms with E-state index in [0.717, 1.165) is 32.1 Å². The van der Waals surface area contributed by atoms with Crippen LogP contribution in [0.3, 0.4) is 0 Å². The molecule has 112 valence electrons. The Labute approximate surface area is 119 Å². The minimum atomic E-state index is -4.38. The van der Waals surface area contributed by atoms with Crippen molar-refractivity contribution in [3.8, 4) is 0 Å². The molecule has 1 fully saturated rings. The molecular formula is C12H19BrF3NO2. The zero-order valence-corrected chi connectivity index (χ0v) is 12.3. The Hall–Kier alpha value is -0.300. The second-order valence-electron chi connectivity index (χ2n) is 4.68. The van der Waals surface area contributed by atoms with Gasteiger partial charge in [-0.2, -0.15) is 13.2 Å². The van der Waals surface area contributed by atoms with E-state index in [0.29, 0.717) is 11.9 Å². The predicted molar refractivity (Wildman–Crippen MR) is 69.3 cm³/mol. The molecule has 0 aromatic carbocycles. The van der Waals surface area contributed by atoms with Crippen molar-refractivity contribution in [3.05, 3.63) is 0 Å². The molecule has 0 unspecified atom stereocenters. The Kier molecular flexibility index (Phi) is 7.13. The Balaban J connectivity index is 2.43. The van der Waals surface area contributed by atoms with Gasteiger partial charge in [-0.25, -0.2) is 0 Å². The monoisotopic (exact) mass is 345 g/mol. The van der Waals surface area contributed by atoms with Crippen molar-refractivity contribution >= 4 is 21.8 Å². The summed E-state index contributed by atoms with van der Waals surface area (Å²) >= 11 is 3.27. The fraction of sp³-hybridized carbons (Fsp3) is 0.917. The van der Waals surface area contributed by atoms with E-state index in [-0.39, 0.29) is 11.9 Å². The van der Waals surface area contributed by atoms with Crippen LogP contribution in [0.5, 0.6) is 0 Å². The quantitative estimate of drug-likeness (QED) is 0.692. The largest absolute Gasteiger partial charge is 0.411 e. The summed E-state index contributed by atoms with van der Waals surface area (Å²) in [7, 11) is 0. The lowest BCUT2D eigenvalue weighted by Gasteiger charge is -2.34. The lowest BCUT2D eigenvalue weighted by molar-refractivity contribution is -0.178. The molecule has 1 rings (SSSR count). The highest BCUT2D eigenvalue weighted by atomic mass is 79.9. The van der Waals surface area contributed by atoms with E-state index in [4.69, 9.17) is 0 Å². The first-order valence-electron chi connectivity index (χ1n) is 6.44. The maximum Gasteiger partial charge on any atom is 0.411 e. The van der Waals surface area contributed by atoms with Crippen LogP contribution in [0.25, 0.3) is 0 Å². The van der Waals surface area contributed by atoms with Gasteiger partial charge in [0.1, 0.15) is 13.2 Å². The lowest BCUT2D eigenvalue weighted by atomic mass is 9.94. The molecule has 1 aliphatic carbocycles. The summed E-state index contributed by atoms with van der Waals surface area (Å²) in [4.78, 5) is 13.6. The van der Waals surface area contributed by atoms with E-state index in [1.54, 1.807) is 4.90 Å². The summed E-state index contributed by atoms with van der Waals surface area (Å²) in [5.74, 6) is -0.351. The molecule has 0 atom stereocenters. The average Bonchev–Trinajstić information content (AvgIpc) is 2.35. The van der Waals surface area contributed by atoms with Gasteiger partial charge >= 0.3 is 6.18 Å². The van der Waals surface area contributed by atoms with E-state index < -0.39 is 19.4 Å². The Bertz CT molecular complexity index is 281. The fourth-order valence-electron chi connectivity index (χ4n) is 2.33. The Morgan fingerprint density at radius 1 is 1.26 bits per heavy atom. The van der Waals surface area contributed by atoms with Gasteiger partial charge in [-0.3, -0.25) is 4.79 Å². The number of ether oxygens (including phenoxy) is 1. The summed E-state index contributed by atoms with van der Waals surface area (Å²) in [5, 5.41) is 0.620. The molecule has 1 saturated carbocycles. The van der Waals surface area contributed by atoms with Gasteiger partial charge in [0.2, 0.25) is 5.91 Å². The smallest absolute Gasteiger partial charge is 0.362 e. The standard InChI is InChI=1S/C12H19BrF3NO2/c13-6-7-17(10-4-2-1-3-5-10)11(18)8-19-9-12(14,15)16/h10H,1-9H2. The highest BCUT2D eigenvalue weighted by Gasteiger charge is 2.29. The van der Waals surface area contributed by atoms with Crippen LogP contribution < -0.4 is 0 Å². The van der Waals surface area contributed by atoms with Gasteiger partial charge in [0.15, 0.2) is 0 Å². The van der Waals surface area contributed by atoms with Crippen molar-refractivity contribution < 1.29 is 22.7 Å². The van der Waals surface area contributed by atoms with Gasteiger partial charge in [0.05, 0.1) is 0 Å². The van der Waals surface area contributed by atoms with E-state index >= 15 is 0 Å². The van der Waals surface area contributed by atoms with Crippen molar-refractivity contribution in [1.29, 1.82) is 0 Å². The van der Waals surface area contributed by atoms with Gasteiger partial charge < -0.3 is 9.64 Å². The fourth-order valence-corrected chi connectivity index (χ4v) is 2.71. The molecule has 0 heterocycles. The number of hydrogen-bond acceptors (Lipinski definition) is 2. The maximum atomic E-state index is 12.0. The molecule has 7 heteroatoms. The van der Waals surface area contributed by atoms with Crippen LogP contribution in [-0.2, 0) is 9.53 Å². The van der Waals surface area contributed by atoms with Crippen LogP contribution in [0.2, 0.25) is 0 Å². The number of carbonyl (C=O) groups excluding carboxylic acids is 1. The van der Waals surface area contributed by atoms with E-state index in [1.807, 2.05) is 0 Å². The molecule has 0 spiro atoms. The van der Waals surface area contributed by atoms with Crippen LogP contribution in [0.15, 0.2) is 0 Å². The number of carbonyl (C=O) groups is 1. The third kappa shape index (κ3) is 6.61. The van der Waals surface area contributed by atoms with Gasteiger partial charge in [-0.15, -0.1) is 0 Å². The predicted octanol–water partition coefficient (Wildman–Crippen LogP) is 3.12. The minimum Gasteiger partial charge on any atom is -0.362 e. The molecule has 0 radical (unpaired) electrons. The van der Waals surface area contributed by atoms with Crippen LogP contribution in [0.4, 0.5) is 13.2 Å². The third-order valence-corrected chi connectivity index (χ3v) is 3.51. The van der Waals surface area contributed by atoms with Crippen molar-refractivity contribution in [1.82, 2.24) is 4.90 Å². The molecule has 0 aromatic rings. The Morgan fingerprint density at radius 3 is 2.42 bits per heavy atom. The van der Waals surface area contributed by atoms with Crippen molar-refractivity contribution in [2.24, 2.45) is 0 Å². The van der Waals surface area contributed by atoms with Crippen LogP contribution in [0, 0.1) is 0 Å². The number of rotatable bonds is 6. The third-order valence-electron chi connectivity index (χ3n) is 3.15. The summed E-state index contributed by atoms with van der Waals surface area (Å²) < 4.78 is 40.3. The molecule has 0 saturated heterocycles. The topological polar surface area (TPSA) is 29.5 Å². The molecule has 1 aliphatic rings. The van der Waals surface area contributed by atoms with Crippen molar-refractivity contribution in [2.45, 2.75) is 44.3 Å². The number of halogens is 4. The summed E-state index contributed by atoms with van der Waals surface area (Å²) in [6, 6.07) is 0.147. The summed E-state index contributed by atoms with van der Waals surface area (Å²) in [6.07, 6.45) is 0.777. The van der Waals surface area contributed by atoms with Crippen LogP contribution >= 0.6 is 15.9 Å².